The van der Waals surface area contributed by atoms with Crippen LogP contribution in [0.25, 0.3) is 10.1 Å². The van der Waals surface area contributed by atoms with Crippen LogP contribution in [0.4, 0.5) is 0 Å². The van der Waals surface area contributed by atoms with Gasteiger partial charge in [-0.1, -0.05) is 11.6 Å². The summed E-state index contributed by atoms with van der Waals surface area (Å²) in [5.74, 6) is 1.54. The number of methoxy groups -OCH3 is 2. The molecule has 2 aromatic rings. The average molecular weight is 229 g/mol. The van der Waals surface area contributed by atoms with Crippen LogP contribution in [0.3, 0.4) is 0 Å². The molecule has 74 valence electrons. The Morgan fingerprint density at radius 3 is 2.64 bits per heavy atom. The Balaban J connectivity index is 2.76. The number of hydrogen-bond donors (Lipinski definition) is 0. The van der Waals surface area contributed by atoms with Crippen molar-refractivity contribution in [2.75, 3.05) is 14.2 Å². The van der Waals surface area contributed by atoms with Crippen LogP contribution < -0.4 is 9.47 Å². The Bertz CT molecular complexity index is 464. The fourth-order valence-corrected chi connectivity index (χ4v) is 2.59. The van der Waals surface area contributed by atoms with Gasteiger partial charge < -0.3 is 9.47 Å². The van der Waals surface area contributed by atoms with Gasteiger partial charge in [0.1, 0.15) is 11.5 Å². The molecule has 0 aliphatic rings. The zero-order valence-corrected chi connectivity index (χ0v) is 9.41. The highest BCUT2D eigenvalue weighted by atomic mass is 35.5. The quantitative estimate of drug-likeness (QED) is 0.783. The predicted molar refractivity (Wildman–Crippen MR) is 59.9 cm³/mol. The van der Waals surface area contributed by atoms with Gasteiger partial charge in [0, 0.05) is 16.1 Å². The predicted octanol–water partition coefficient (Wildman–Crippen LogP) is 3.57. The first-order valence-corrected chi connectivity index (χ1v) is 5.30. The minimum absolute atomic E-state index is 0.726. The van der Waals surface area contributed by atoms with E-state index in [-0.39, 0.29) is 0 Å². The van der Waals surface area contributed by atoms with E-state index in [0.717, 1.165) is 26.6 Å². The second-order valence-corrected chi connectivity index (χ2v) is 4.10. The van der Waals surface area contributed by atoms with Crippen LogP contribution in [-0.4, -0.2) is 14.2 Å². The van der Waals surface area contributed by atoms with E-state index in [4.69, 9.17) is 21.1 Å². The van der Waals surface area contributed by atoms with E-state index < -0.39 is 0 Å². The van der Waals surface area contributed by atoms with Crippen molar-refractivity contribution < 1.29 is 9.47 Å². The van der Waals surface area contributed by atoms with Gasteiger partial charge in [-0.2, -0.15) is 0 Å². The number of thiophene rings is 1. The monoisotopic (exact) mass is 228 g/mol. The van der Waals surface area contributed by atoms with Crippen LogP contribution in [0.5, 0.6) is 11.5 Å². The zero-order valence-electron chi connectivity index (χ0n) is 7.83. The molecule has 0 aliphatic heterocycles. The largest absolute Gasteiger partial charge is 0.497 e. The maximum atomic E-state index is 6.04. The number of benzene rings is 1. The maximum absolute atomic E-state index is 6.04. The van der Waals surface area contributed by atoms with Crippen molar-refractivity contribution in [2.45, 2.75) is 0 Å². The molecule has 1 aromatic heterocycles. The average Bonchev–Trinajstić information content (AvgIpc) is 2.59. The molecule has 2 rings (SSSR count). The molecule has 2 nitrogen and oxygen atoms in total. The van der Waals surface area contributed by atoms with E-state index in [1.807, 2.05) is 17.5 Å². The third-order valence-electron chi connectivity index (χ3n) is 2.02. The van der Waals surface area contributed by atoms with Crippen molar-refractivity contribution in [1.82, 2.24) is 0 Å². The van der Waals surface area contributed by atoms with E-state index in [1.165, 1.54) is 0 Å². The molecule has 0 saturated heterocycles. The minimum Gasteiger partial charge on any atom is -0.497 e. The molecule has 0 N–H and O–H groups in total. The van der Waals surface area contributed by atoms with Crippen molar-refractivity contribution in [3.05, 3.63) is 22.5 Å². The summed E-state index contributed by atoms with van der Waals surface area (Å²) in [5, 5.41) is 3.58. The van der Waals surface area contributed by atoms with Crippen molar-refractivity contribution in [3.63, 3.8) is 0 Å². The van der Waals surface area contributed by atoms with Gasteiger partial charge in [0.2, 0.25) is 0 Å². The molecule has 0 fully saturated rings. The summed E-state index contributed by atoms with van der Waals surface area (Å²) < 4.78 is 11.5. The standard InChI is InChI=1S/C10H9ClO2S/c1-12-6-3-8(13-2)10-7(11)5-14-9(10)4-6/h3-5H,1-2H3. The normalized spacial score (nSPS) is 10.5. The van der Waals surface area contributed by atoms with Gasteiger partial charge >= 0.3 is 0 Å². The Labute approximate surface area is 91.0 Å². The summed E-state index contributed by atoms with van der Waals surface area (Å²) >= 11 is 7.62. The second-order valence-electron chi connectivity index (χ2n) is 2.79. The zero-order chi connectivity index (χ0) is 10.1. The Morgan fingerprint density at radius 2 is 2.00 bits per heavy atom. The third kappa shape index (κ3) is 1.42. The summed E-state index contributed by atoms with van der Waals surface area (Å²) in [7, 11) is 3.26. The van der Waals surface area contributed by atoms with Crippen molar-refractivity contribution in [1.29, 1.82) is 0 Å². The molecular formula is C10H9ClO2S. The van der Waals surface area contributed by atoms with Crippen LogP contribution in [-0.2, 0) is 0 Å². The molecule has 0 aliphatic carbocycles. The molecule has 1 heterocycles. The van der Waals surface area contributed by atoms with E-state index in [9.17, 15) is 0 Å². The van der Waals surface area contributed by atoms with Crippen LogP contribution in [0.1, 0.15) is 0 Å². The SMILES string of the molecule is COc1cc(OC)c2c(Cl)csc2c1. The summed E-state index contributed by atoms with van der Waals surface area (Å²) in [4.78, 5) is 0. The van der Waals surface area contributed by atoms with Gasteiger partial charge in [-0.25, -0.2) is 0 Å². The molecule has 0 spiro atoms. The molecule has 1 aromatic carbocycles. The number of rotatable bonds is 2. The molecule has 0 unspecified atom stereocenters. The molecule has 0 radical (unpaired) electrons. The first-order chi connectivity index (χ1) is 6.76. The molecule has 0 amide bonds. The maximum Gasteiger partial charge on any atom is 0.132 e. The highest BCUT2D eigenvalue weighted by Gasteiger charge is 2.10. The van der Waals surface area contributed by atoms with E-state index in [1.54, 1.807) is 25.6 Å². The number of halogens is 1. The van der Waals surface area contributed by atoms with Crippen molar-refractivity contribution in [2.24, 2.45) is 0 Å². The first-order valence-electron chi connectivity index (χ1n) is 4.05. The van der Waals surface area contributed by atoms with Gasteiger partial charge in [0.25, 0.3) is 0 Å². The van der Waals surface area contributed by atoms with Crippen LogP contribution in [0.2, 0.25) is 5.02 Å². The topological polar surface area (TPSA) is 18.5 Å². The fraction of sp³-hybridized carbons (Fsp3) is 0.200. The molecule has 4 heteroatoms. The lowest BCUT2D eigenvalue weighted by molar-refractivity contribution is 0.398. The summed E-state index contributed by atoms with van der Waals surface area (Å²) in [6.45, 7) is 0. The van der Waals surface area contributed by atoms with Crippen LogP contribution >= 0.6 is 22.9 Å². The van der Waals surface area contributed by atoms with E-state index in [0.29, 0.717) is 0 Å². The summed E-state index contributed by atoms with van der Waals surface area (Å²) in [6, 6.07) is 3.79. The van der Waals surface area contributed by atoms with E-state index in [2.05, 4.69) is 0 Å². The number of fused-ring (bicyclic) bond motifs is 1. The number of ether oxygens (including phenoxy) is 2. The van der Waals surface area contributed by atoms with Gasteiger partial charge in [-0.3, -0.25) is 0 Å². The Morgan fingerprint density at radius 1 is 1.21 bits per heavy atom. The van der Waals surface area contributed by atoms with Gasteiger partial charge in [0.15, 0.2) is 0 Å². The summed E-state index contributed by atoms with van der Waals surface area (Å²) in [6.07, 6.45) is 0. The molecule has 0 saturated carbocycles. The second kappa shape index (κ2) is 3.67. The highest BCUT2D eigenvalue weighted by molar-refractivity contribution is 7.18. The molecule has 0 atom stereocenters. The molecular weight excluding hydrogens is 220 g/mol. The Kier molecular flexibility index (Phi) is 2.52. The molecule has 14 heavy (non-hydrogen) atoms. The first kappa shape index (κ1) is 9.62. The highest BCUT2D eigenvalue weighted by Crippen LogP contribution is 2.39. The third-order valence-corrected chi connectivity index (χ3v) is 3.38. The Hall–Kier alpha value is -0.930. The lowest BCUT2D eigenvalue weighted by atomic mass is 10.2. The van der Waals surface area contributed by atoms with Gasteiger partial charge in [-0.05, 0) is 6.07 Å². The number of hydrogen-bond acceptors (Lipinski definition) is 3. The van der Waals surface area contributed by atoms with Gasteiger partial charge in [0.05, 0.1) is 24.6 Å². The fourth-order valence-electron chi connectivity index (χ4n) is 1.35. The van der Waals surface area contributed by atoms with Crippen molar-refractivity contribution in [3.8, 4) is 11.5 Å². The minimum atomic E-state index is 0.726. The lowest BCUT2D eigenvalue weighted by Gasteiger charge is -2.05. The smallest absolute Gasteiger partial charge is 0.132 e. The molecule has 0 bridgehead atoms. The lowest BCUT2D eigenvalue weighted by Crippen LogP contribution is -1.87. The van der Waals surface area contributed by atoms with Crippen LogP contribution in [0.15, 0.2) is 17.5 Å². The van der Waals surface area contributed by atoms with Crippen LogP contribution in [0, 0.1) is 0 Å². The van der Waals surface area contributed by atoms with E-state index >= 15 is 0 Å². The summed E-state index contributed by atoms with van der Waals surface area (Å²) in [5.41, 5.74) is 0. The van der Waals surface area contributed by atoms with Gasteiger partial charge in [-0.15, -0.1) is 11.3 Å². The van der Waals surface area contributed by atoms with Crippen molar-refractivity contribution >= 4 is 33.0 Å².